The van der Waals surface area contributed by atoms with Gasteiger partial charge < -0.3 is 0 Å². The number of halogens is 1. The van der Waals surface area contributed by atoms with Gasteiger partial charge in [-0.25, -0.2) is 4.57 Å². The van der Waals surface area contributed by atoms with Crippen LogP contribution in [-0.4, -0.2) is 9.78 Å². The maximum Gasteiger partial charge on any atom is 0.337 e. The minimum absolute atomic E-state index is 0.364. The van der Waals surface area contributed by atoms with E-state index in [9.17, 15) is 0 Å². The SMILES string of the molecule is Cc1ccccc1-c1n(-c2c(C(C)C)cc(-c3ccccc3)cc2C(C)C)nc(I)[n+]1C. The molecule has 164 valence electrons. The monoisotopic (exact) mass is 536 g/mol. The molecule has 0 spiro atoms. The zero-order valence-electron chi connectivity index (χ0n) is 19.7. The van der Waals surface area contributed by atoms with E-state index in [4.69, 9.17) is 5.10 Å². The molecule has 1 heterocycles. The van der Waals surface area contributed by atoms with E-state index in [2.05, 4.69) is 140 Å². The van der Waals surface area contributed by atoms with Crippen molar-refractivity contribution < 1.29 is 4.57 Å². The Bertz CT molecular complexity index is 1220. The first-order valence-corrected chi connectivity index (χ1v) is 12.3. The van der Waals surface area contributed by atoms with Crippen molar-refractivity contribution in [3.05, 3.63) is 87.3 Å². The number of rotatable bonds is 5. The fourth-order valence-electron chi connectivity index (χ4n) is 4.30. The van der Waals surface area contributed by atoms with Gasteiger partial charge in [-0.3, -0.25) is 0 Å². The summed E-state index contributed by atoms with van der Waals surface area (Å²) in [4.78, 5) is 0. The van der Waals surface area contributed by atoms with Gasteiger partial charge in [0.25, 0.3) is 5.82 Å². The van der Waals surface area contributed by atoms with E-state index in [0.29, 0.717) is 11.8 Å². The van der Waals surface area contributed by atoms with Crippen molar-refractivity contribution in [1.82, 2.24) is 9.78 Å². The van der Waals surface area contributed by atoms with Crippen molar-refractivity contribution in [2.75, 3.05) is 0 Å². The lowest BCUT2D eigenvalue weighted by atomic mass is 9.88. The smallest absolute Gasteiger partial charge is 0.221 e. The summed E-state index contributed by atoms with van der Waals surface area (Å²) in [7, 11) is 2.11. The molecule has 0 aliphatic rings. The second-order valence-corrected chi connectivity index (χ2v) is 10.0. The minimum atomic E-state index is 0.364. The van der Waals surface area contributed by atoms with Crippen LogP contribution in [0.25, 0.3) is 28.2 Å². The van der Waals surface area contributed by atoms with Gasteiger partial charge in [-0.2, -0.15) is 0 Å². The zero-order chi connectivity index (χ0) is 23.0. The predicted molar refractivity (Wildman–Crippen MR) is 141 cm³/mol. The Balaban J connectivity index is 2.07. The average molecular weight is 536 g/mol. The molecule has 4 aromatic rings. The Morgan fingerprint density at radius 3 is 1.94 bits per heavy atom. The van der Waals surface area contributed by atoms with Crippen molar-refractivity contribution in [1.29, 1.82) is 0 Å². The number of hydrogen-bond donors (Lipinski definition) is 0. The molecule has 0 atom stereocenters. The van der Waals surface area contributed by atoms with Gasteiger partial charge in [-0.15, -0.1) is 0 Å². The molecule has 0 amide bonds. The molecular weight excluding hydrogens is 505 g/mol. The molecule has 0 N–H and O–H groups in total. The normalized spacial score (nSPS) is 11.5. The summed E-state index contributed by atoms with van der Waals surface area (Å²) in [6.45, 7) is 11.3. The van der Waals surface area contributed by atoms with Crippen LogP contribution in [0.1, 0.15) is 56.2 Å². The van der Waals surface area contributed by atoms with Gasteiger partial charge in [-0.05, 0) is 64.8 Å². The summed E-state index contributed by atoms with van der Waals surface area (Å²) in [5.41, 5.74) is 8.84. The first kappa shape index (κ1) is 22.7. The molecule has 0 radical (unpaired) electrons. The molecule has 4 heteroatoms. The molecule has 0 fully saturated rings. The molecule has 0 saturated heterocycles. The van der Waals surface area contributed by atoms with E-state index in [0.717, 1.165) is 9.66 Å². The van der Waals surface area contributed by atoms with Crippen LogP contribution in [0.3, 0.4) is 0 Å². The molecule has 3 nitrogen and oxygen atoms in total. The molecule has 1 aromatic heterocycles. The lowest BCUT2D eigenvalue weighted by molar-refractivity contribution is -0.673. The van der Waals surface area contributed by atoms with Crippen LogP contribution in [0.15, 0.2) is 66.7 Å². The molecular formula is C28H31IN3+. The van der Waals surface area contributed by atoms with E-state index in [-0.39, 0.29) is 0 Å². The van der Waals surface area contributed by atoms with Crippen molar-refractivity contribution in [3.8, 4) is 28.2 Å². The van der Waals surface area contributed by atoms with Crippen LogP contribution in [0.4, 0.5) is 0 Å². The Morgan fingerprint density at radius 2 is 1.38 bits per heavy atom. The summed E-state index contributed by atoms with van der Waals surface area (Å²) in [6, 6.07) is 24.0. The lowest BCUT2D eigenvalue weighted by Crippen LogP contribution is -2.33. The van der Waals surface area contributed by atoms with Gasteiger partial charge in [-0.1, -0.05) is 80.9 Å². The highest BCUT2D eigenvalue weighted by Gasteiger charge is 2.31. The molecule has 0 saturated carbocycles. The van der Waals surface area contributed by atoms with Crippen molar-refractivity contribution in [3.63, 3.8) is 0 Å². The number of benzene rings is 3. The van der Waals surface area contributed by atoms with Gasteiger partial charge in [0.2, 0.25) is 0 Å². The highest BCUT2D eigenvalue weighted by atomic mass is 127. The number of aryl methyl sites for hydroxylation is 1. The van der Waals surface area contributed by atoms with E-state index in [1.54, 1.807) is 0 Å². The topological polar surface area (TPSA) is 21.7 Å². The van der Waals surface area contributed by atoms with Gasteiger partial charge in [0.05, 0.1) is 17.7 Å². The molecule has 3 aromatic carbocycles. The number of nitrogens with zero attached hydrogens (tertiary/aromatic N) is 3. The van der Waals surface area contributed by atoms with Gasteiger partial charge in [0.15, 0.2) is 0 Å². The van der Waals surface area contributed by atoms with Crippen LogP contribution in [0, 0.1) is 10.8 Å². The summed E-state index contributed by atoms with van der Waals surface area (Å²) in [5.74, 6) is 1.84. The third-order valence-electron chi connectivity index (χ3n) is 6.10. The zero-order valence-corrected chi connectivity index (χ0v) is 21.9. The van der Waals surface area contributed by atoms with Gasteiger partial charge in [0.1, 0.15) is 5.69 Å². The number of hydrogen-bond acceptors (Lipinski definition) is 1. The molecule has 0 aliphatic carbocycles. The standard InChI is InChI=1S/C28H31IN3/c1-18(2)24-16-22(21-13-8-7-9-14-21)17-25(19(3)4)26(24)32-27(31(6)28(29)30-32)23-15-11-10-12-20(23)5/h7-19H,1-6H3/q+1. The third kappa shape index (κ3) is 4.13. The Hall–Kier alpha value is -2.47. The Labute approximate surface area is 205 Å². The second-order valence-electron chi connectivity index (χ2n) is 9.06. The van der Waals surface area contributed by atoms with Crippen LogP contribution in [0.5, 0.6) is 0 Å². The molecule has 32 heavy (non-hydrogen) atoms. The van der Waals surface area contributed by atoms with E-state index in [1.807, 2.05) is 0 Å². The van der Waals surface area contributed by atoms with Crippen molar-refractivity contribution >= 4 is 22.6 Å². The van der Waals surface area contributed by atoms with E-state index < -0.39 is 0 Å². The van der Waals surface area contributed by atoms with Crippen molar-refractivity contribution in [2.24, 2.45) is 7.05 Å². The first-order valence-electron chi connectivity index (χ1n) is 11.2. The van der Waals surface area contributed by atoms with Crippen LogP contribution >= 0.6 is 22.6 Å². The van der Waals surface area contributed by atoms with Crippen LogP contribution in [0.2, 0.25) is 0 Å². The largest absolute Gasteiger partial charge is 0.337 e. The van der Waals surface area contributed by atoms with E-state index in [1.165, 1.54) is 39.1 Å². The predicted octanol–water partition coefficient (Wildman–Crippen LogP) is 7.19. The summed E-state index contributed by atoms with van der Waals surface area (Å²) < 4.78 is 5.35. The van der Waals surface area contributed by atoms with E-state index >= 15 is 0 Å². The first-order chi connectivity index (χ1) is 15.3. The Morgan fingerprint density at radius 1 is 0.812 bits per heavy atom. The lowest BCUT2D eigenvalue weighted by Gasteiger charge is -2.19. The summed E-state index contributed by atoms with van der Waals surface area (Å²) >= 11 is 2.34. The summed E-state index contributed by atoms with van der Waals surface area (Å²) in [6.07, 6.45) is 0. The average Bonchev–Trinajstić information content (AvgIpc) is 3.07. The Kier molecular flexibility index (Phi) is 6.52. The molecule has 4 rings (SSSR count). The minimum Gasteiger partial charge on any atom is -0.221 e. The fraction of sp³-hybridized carbons (Fsp3) is 0.286. The van der Waals surface area contributed by atoms with Gasteiger partial charge >= 0.3 is 3.83 Å². The van der Waals surface area contributed by atoms with Crippen LogP contribution in [-0.2, 0) is 7.05 Å². The molecule has 0 bridgehead atoms. The molecule has 0 aliphatic heterocycles. The second kappa shape index (κ2) is 9.18. The number of aromatic nitrogens is 3. The quantitative estimate of drug-likeness (QED) is 0.196. The maximum absolute atomic E-state index is 5.05. The fourth-order valence-corrected chi connectivity index (χ4v) is 4.75. The summed E-state index contributed by atoms with van der Waals surface area (Å²) in [5, 5.41) is 5.05. The molecule has 0 unspecified atom stereocenters. The highest BCUT2D eigenvalue weighted by Crippen LogP contribution is 2.37. The third-order valence-corrected chi connectivity index (χ3v) is 7.03. The highest BCUT2D eigenvalue weighted by molar-refractivity contribution is 14.1. The van der Waals surface area contributed by atoms with Crippen LogP contribution < -0.4 is 4.57 Å². The van der Waals surface area contributed by atoms with Crippen molar-refractivity contribution in [2.45, 2.75) is 46.5 Å². The van der Waals surface area contributed by atoms with Gasteiger partial charge in [0, 0.05) is 22.6 Å². The maximum atomic E-state index is 5.05.